The van der Waals surface area contributed by atoms with Crippen molar-refractivity contribution >= 4 is 17.4 Å². The summed E-state index contributed by atoms with van der Waals surface area (Å²) in [4.78, 5) is 16.9. The number of aryl methyl sites for hydroxylation is 1. The topological polar surface area (TPSA) is 78.0 Å². The predicted octanol–water partition coefficient (Wildman–Crippen LogP) is 2.27. The van der Waals surface area contributed by atoms with E-state index in [-0.39, 0.29) is 5.56 Å². The lowest BCUT2D eigenvalue weighted by atomic mass is 10.3. The van der Waals surface area contributed by atoms with Crippen LogP contribution in [0.4, 0.5) is 0 Å². The molecule has 3 aromatic heterocycles. The number of benzene rings is 1. The number of thioether (sulfide) groups is 1. The Morgan fingerprint density at radius 3 is 2.76 bits per heavy atom. The lowest BCUT2D eigenvalue weighted by Crippen LogP contribution is -2.17. The van der Waals surface area contributed by atoms with E-state index in [1.807, 2.05) is 55.5 Å². The van der Waals surface area contributed by atoms with Gasteiger partial charge >= 0.3 is 0 Å². The molecule has 0 aliphatic heterocycles. The number of aromatic nitrogens is 6. The van der Waals surface area contributed by atoms with Gasteiger partial charge in [-0.25, -0.2) is 4.98 Å². The zero-order chi connectivity index (χ0) is 17.2. The van der Waals surface area contributed by atoms with E-state index in [9.17, 15) is 4.79 Å². The summed E-state index contributed by atoms with van der Waals surface area (Å²) in [7, 11) is 0. The van der Waals surface area contributed by atoms with Crippen molar-refractivity contribution in [2.24, 2.45) is 0 Å². The molecule has 4 rings (SSSR count). The van der Waals surface area contributed by atoms with E-state index < -0.39 is 0 Å². The number of hydrogen-bond acceptors (Lipinski definition) is 6. The number of hydrogen-bond donors (Lipinski definition) is 0. The number of nitrogens with zero attached hydrogens (tertiary/aromatic N) is 6. The largest absolute Gasteiger partial charge is 0.269 e. The zero-order valence-corrected chi connectivity index (χ0v) is 14.2. The van der Waals surface area contributed by atoms with Crippen LogP contribution in [0.3, 0.4) is 0 Å². The second kappa shape index (κ2) is 6.48. The van der Waals surface area contributed by atoms with Gasteiger partial charge < -0.3 is 0 Å². The summed E-state index contributed by atoms with van der Waals surface area (Å²) in [5.41, 5.74) is 3.01. The highest BCUT2D eigenvalue weighted by Gasteiger charge is 2.11. The molecule has 1 aromatic carbocycles. The summed E-state index contributed by atoms with van der Waals surface area (Å²) >= 11 is 1.44. The van der Waals surface area contributed by atoms with Crippen molar-refractivity contribution in [1.82, 2.24) is 29.6 Å². The zero-order valence-electron chi connectivity index (χ0n) is 13.4. The second-order valence-corrected chi connectivity index (χ2v) is 6.39. The van der Waals surface area contributed by atoms with Crippen LogP contribution in [-0.4, -0.2) is 29.6 Å². The van der Waals surface area contributed by atoms with E-state index in [1.54, 1.807) is 15.1 Å². The van der Waals surface area contributed by atoms with Crippen LogP contribution in [0.2, 0.25) is 0 Å². The Hall–Kier alpha value is -3.00. The molecule has 0 saturated carbocycles. The fraction of sp³-hybridized carbons (Fsp3) is 0.118. The molecule has 0 N–H and O–H groups in total. The van der Waals surface area contributed by atoms with Crippen molar-refractivity contribution in [3.05, 3.63) is 76.3 Å². The highest BCUT2D eigenvalue weighted by Crippen LogP contribution is 2.21. The van der Waals surface area contributed by atoms with Crippen LogP contribution in [0.15, 0.2) is 64.5 Å². The molecule has 0 bridgehead atoms. The molecule has 0 spiro atoms. The summed E-state index contributed by atoms with van der Waals surface area (Å²) < 4.78 is 3.27. The Morgan fingerprint density at radius 1 is 1.08 bits per heavy atom. The Kier molecular flexibility index (Phi) is 4.02. The van der Waals surface area contributed by atoms with Gasteiger partial charge in [0.25, 0.3) is 5.56 Å². The Morgan fingerprint density at radius 2 is 1.92 bits per heavy atom. The number of fused-ring (bicyclic) bond motifs is 1. The molecule has 124 valence electrons. The van der Waals surface area contributed by atoms with Crippen LogP contribution in [0.1, 0.15) is 11.4 Å². The second-order valence-electron chi connectivity index (χ2n) is 5.44. The standard InChI is InChI=1S/C17H14N6OS/c1-12-6-5-9-15-18-13(10-16(24)22(12)15)11-25-17-19-20-21-23(17)14-7-3-2-4-8-14/h2-10H,11H2,1H3. The molecule has 7 nitrogen and oxygen atoms in total. The van der Waals surface area contributed by atoms with E-state index >= 15 is 0 Å². The van der Waals surface area contributed by atoms with Crippen molar-refractivity contribution in [2.45, 2.75) is 17.8 Å². The van der Waals surface area contributed by atoms with E-state index in [0.717, 1.165) is 11.4 Å². The van der Waals surface area contributed by atoms with Gasteiger partial charge in [0, 0.05) is 17.5 Å². The molecule has 8 heteroatoms. The van der Waals surface area contributed by atoms with E-state index in [2.05, 4.69) is 20.5 Å². The minimum Gasteiger partial charge on any atom is -0.269 e. The number of tetrazole rings is 1. The third-order valence-electron chi connectivity index (χ3n) is 3.72. The van der Waals surface area contributed by atoms with Gasteiger partial charge in [-0.3, -0.25) is 9.20 Å². The van der Waals surface area contributed by atoms with Crippen LogP contribution in [0.25, 0.3) is 11.3 Å². The van der Waals surface area contributed by atoms with Crippen molar-refractivity contribution in [1.29, 1.82) is 0 Å². The van der Waals surface area contributed by atoms with Crippen LogP contribution in [0, 0.1) is 6.92 Å². The van der Waals surface area contributed by atoms with Crippen molar-refractivity contribution in [3.8, 4) is 5.69 Å². The first kappa shape index (κ1) is 15.5. The fourth-order valence-corrected chi connectivity index (χ4v) is 3.36. The summed E-state index contributed by atoms with van der Waals surface area (Å²) in [6.07, 6.45) is 0. The van der Waals surface area contributed by atoms with Crippen LogP contribution in [-0.2, 0) is 5.75 Å². The first-order valence-corrected chi connectivity index (χ1v) is 8.66. The molecule has 0 unspecified atom stereocenters. The Balaban J connectivity index is 1.62. The molecular weight excluding hydrogens is 336 g/mol. The van der Waals surface area contributed by atoms with E-state index in [0.29, 0.717) is 22.3 Å². The molecule has 0 saturated heterocycles. The maximum atomic E-state index is 12.3. The third-order valence-corrected chi connectivity index (χ3v) is 4.68. The monoisotopic (exact) mass is 350 g/mol. The molecule has 0 aliphatic rings. The van der Waals surface area contributed by atoms with Crippen molar-refractivity contribution in [3.63, 3.8) is 0 Å². The number of para-hydroxylation sites is 1. The molecule has 0 radical (unpaired) electrons. The fourth-order valence-electron chi connectivity index (χ4n) is 2.58. The average Bonchev–Trinajstić information content (AvgIpc) is 3.09. The maximum absolute atomic E-state index is 12.3. The van der Waals surface area contributed by atoms with Crippen molar-refractivity contribution < 1.29 is 0 Å². The summed E-state index contributed by atoms with van der Waals surface area (Å²) in [5.74, 6) is 0.507. The number of rotatable bonds is 4. The molecule has 0 atom stereocenters. The van der Waals surface area contributed by atoms with Crippen LogP contribution < -0.4 is 5.56 Å². The number of pyridine rings is 1. The predicted molar refractivity (Wildman–Crippen MR) is 94.9 cm³/mol. The smallest absolute Gasteiger partial charge is 0.258 e. The SMILES string of the molecule is Cc1cccc2nc(CSc3nnnn3-c3ccccc3)cc(=O)n12. The van der Waals surface area contributed by atoms with Gasteiger partial charge in [0.15, 0.2) is 0 Å². The lowest BCUT2D eigenvalue weighted by molar-refractivity contribution is 0.756. The van der Waals surface area contributed by atoms with Crippen LogP contribution in [0.5, 0.6) is 0 Å². The summed E-state index contributed by atoms with van der Waals surface area (Å²) in [6, 6.07) is 16.8. The molecular formula is C17H14N6OS. The van der Waals surface area contributed by atoms with Gasteiger partial charge in [-0.05, 0) is 41.6 Å². The summed E-state index contributed by atoms with van der Waals surface area (Å²) in [6.45, 7) is 1.89. The minimum absolute atomic E-state index is 0.0821. The highest BCUT2D eigenvalue weighted by molar-refractivity contribution is 7.98. The molecule has 4 aromatic rings. The molecule has 0 fully saturated rings. The lowest BCUT2D eigenvalue weighted by Gasteiger charge is -2.06. The van der Waals surface area contributed by atoms with Gasteiger partial charge in [0.05, 0.1) is 11.4 Å². The van der Waals surface area contributed by atoms with Gasteiger partial charge in [0.1, 0.15) is 5.65 Å². The summed E-state index contributed by atoms with van der Waals surface area (Å²) in [5, 5.41) is 12.5. The van der Waals surface area contributed by atoms with Crippen LogP contribution >= 0.6 is 11.8 Å². The minimum atomic E-state index is -0.0821. The average molecular weight is 350 g/mol. The molecule has 0 amide bonds. The first-order valence-electron chi connectivity index (χ1n) is 7.67. The van der Waals surface area contributed by atoms with Crippen molar-refractivity contribution in [2.75, 3.05) is 0 Å². The normalized spacial score (nSPS) is 11.1. The van der Waals surface area contributed by atoms with E-state index in [1.165, 1.54) is 11.8 Å². The molecule has 25 heavy (non-hydrogen) atoms. The first-order chi connectivity index (χ1) is 12.2. The van der Waals surface area contributed by atoms with Gasteiger partial charge in [-0.2, -0.15) is 4.68 Å². The Labute approximate surface area is 147 Å². The van der Waals surface area contributed by atoms with Gasteiger partial charge in [-0.1, -0.05) is 36.0 Å². The highest BCUT2D eigenvalue weighted by atomic mass is 32.2. The van der Waals surface area contributed by atoms with Gasteiger partial charge in [0.2, 0.25) is 5.16 Å². The molecule has 0 aliphatic carbocycles. The maximum Gasteiger partial charge on any atom is 0.258 e. The van der Waals surface area contributed by atoms with E-state index in [4.69, 9.17) is 0 Å². The quantitative estimate of drug-likeness (QED) is 0.526. The third kappa shape index (κ3) is 3.03. The van der Waals surface area contributed by atoms with Gasteiger partial charge in [-0.15, -0.1) is 5.10 Å². The molecule has 3 heterocycles. The Bertz CT molecular complexity index is 1090.